The van der Waals surface area contributed by atoms with E-state index >= 15 is 0 Å². The molecule has 8 heterocycles. The molecule has 302 valence electrons. The van der Waals surface area contributed by atoms with Crippen LogP contribution in [-0.4, -0.2) is 107 Å². The summed E-state index contributed by atoms with van der Waals surface area (Å²) in [5, 5.41) is 39.5. The highest BCUT2D eigenvalue weighted by Crippen LogP contribution is 2.65. The van der Waals surface area contributed by atoms with Crippen molar-refractivity contribution in [2.45, 2.75) is 87.8 Å². The molecule has 0 radical (unpaired) electrons. The first-order valence-corrected chi connectivity index (χ1v) is 20.6. The van der Waals surface area contributed by atoms with Crippen molar-refractivity contribution in [1.82, 2.24) is 15.1 Å². The molecule has 15 heteroatoms. The summed E-state index contributed by atoms with van der Waals surface area (Å²) < 4.78 is 37.3. The van der Waals surface area contributed by atoms with Crippen LogP contribution in [0, 0.1) is 18.3 Å². The lowest BCUT2D eigenvalue weighted by molar-refractivity contribution is -0.222. The standard InChI is InChI=1S/C42H47N3O11S/c1-18-11-21-12-25-39(49)45-26-15-52-40(50)42(38-24(13-22(14-46)43-42)23-9-7-8-10-27(23)56-38)16-57-35(30(45)36(44(25)5)41(21,4)37(48)31(18)51-6)29-28(26)34-33(53-17-54-34)19(2)32(29)55-20(3)47/h7-11,21-22,25-26,30,35-36,39,43,46,48-49H,12-17H2,1-6H3/t21-,22-,25-,26-,30-,35+,36?,39-,41?,42+/m0/s1. The van der Waals surface area contributed by atoms with Crippen LogP contribution < -0.4 is 19.5 Å². The van der Waals surface area contributed by atoms with E-state index in [9.17, 15) is 24.9 Å². The molecular weight excluding hydrogens is 755 g/mol. The van der Waals surface area contributed by atoms with E-state index in [-0.39, 0.29) is 43.5 Å². The normalized spacial score (nSPS) is 35.6. The predicted octanol–water partition coefficient (Wildman–Crippen LogP) is 4.26. The summed E-state index contributed by atoms with van der Waals surface area (Å²) in [6.45, 7) is 6.67. The van der Waals surface area contributed by atoms with Gasteiger partial charge in [-0.15, -0.1) is 11.8 Å². The number of para-hydroxylation sites is 1. The van der Waals surface area contributed by atoms with E-state index in [0.717, 1.165) is 16.5 Å². The molecule has 3 fully saturated rings. The van der Waals surface area contributed by atoms with Crippen LogP contribution in [0.4, 0.5) is 0 Å². The molecule has 1 aromatic heterocycles. The van der Waals surface area contributed by atoms with Gasteiger partial charge in [0.15, 0.2) is 22.8 Å². The van der Waals surface area contributed by atoms with Gasteiger partial charge in [0.05, 0.1) is 30.4 Å². The van der Waals surface area contributed by atoms with E-state index in [2.05, 4.69) is 23.2 Å². The van der Waals surface area contributed by atoms with Crippen LogP contribution in [0.1, 0.15) is 66.5 Å². The maximum Gasteiger partial charge on any atom is 0.335 e. The second-order valence-electron chi connectivity index (χ2n) is 16.7. The molecule has 0 amide bonds. The molecule has 10 atom stereocenters. The number of carbonyl (C=O) groups is 2. The molecule has 2 aromatic carbocycles. The lowest BCUT2D eigenvalue weighted by Crippen LogP contribution is -2.77. The number of aliphatic hydroxyl groups excluding tert-OH is 3. The second kappa shape index (κ2) is 12.9. The summed E-state index contributed by atoms with van der Waals surface area (Å²) in [7, 11) is 3.55. The van der Waals surface area contributed by atoms with Crippen molar-refractivity contribution in [2.75, 3.05) is 39.9 Å². The van der Waals surface area contributed by atoms with Gasteiger partial charge in [0.1, 0.15) is 35.7 Å². The van der Waals surface area contributed by atoms with E-state index in [0.29, 0.717) is 63.9 Å². The molecule has 3 saturated heterocycles. The quantitative estimate of drug-likeness (QED) is 0.219. The summed E-state index contributed by atoms with van der Waals surface area (Å²) in [6.07, 6.45) is 2.09. The Hall–Kier alpha value is -4.25. The molecule has 7 aliphatic heterocycles. The largest absolute Gasteiger partial charge is 0.508 e. The van der Waals surface area contributed by atoms with Crippen LogP contribution in [-0.2, 0) is 31.0 Å². The first kappa shape index (κ1) is 37.0. The van der Waals surface area contributed by atoms with E-state index in [1.165, 1.54) is 18.7 Å². The van der Waals surface area contributed by atoms with Gasteiger partial charge in [-0.2, -0.15) is 0 Å². The molecular formula is C42H47N3O11S. The minimum atomic E-state index is -1.53. The average molecular weight is 802 g/mol. The van der Waals surface area contributed by atoms with Gasteiger partial charge in [0.2, 0.25) is 6.79 Å². The van der Waals surface area contributed by atoms with Crippen molar-refractivity contribution in [3.05, 3.63) is 75.4 Å². The van der Waals surface area contributed by atoms with Crippen LogP contribution in [0.25, 0.3) is 11.0 Å². The molecule has 1 spiro atoms. The number of aliphatic hydroxyl groups is 3. The third kappa shape index (κ3) is 4.84. The van der Waals surface area contributed by atoms with Crippen LogP contribution in [0.5, 0.6) is 17.2 Å². The molecule has 4 N–H and O–H groups in total. The van der Waals surface area contributed by atoms with Crippen molar-refractivity contribution in [2.24, 2.45) is 11.3 Å². The number of carbonyl (C=O) groups excluding carboxylic acids is 2. The Balaban J connectivity index is 1.24. The highest BCUT2D eigenvalue weighted by molar-refractivity contribution is 7.99. The average Bonchev–Trinajstić information content (AvgIpc) is 3.83. The first-order valence-electron chi connectivity index (χ1n) is 19.5. The van der Waals surface area contributed by atoms with Crippen molar-refractivity contribution in [3.8, 4) is 17.2 Å². The van der Waals surface area contributed by atoms with E-state index in [1.54, 1.807) is 7.11 Å². The number of piperazine rings is 1. The van der Waals surface area contributed by atoms with E-state index < -0.39 is 58.5 Å². The molecule has 8 aliphatic rings. The number of furan rings is 1. The van der Waals surface area contributed by atoms with Gasteiger partial charge in [0, 0.05) is 64.5 Å². The number of benzene rings is 2. The van der Waals surface area contributed by atoms with E-state index in [4.69, 9.17) is 28.1 Å². The number of rotatable bonds is 3. The number of esters is 2. The lowest BCUT2D eigenvalue weighted by atomic mass is 9.56. The Morgan fingerprint density at radius 2 is 1.91 bits per heavy atom. The fraction of sp³-hybridized carbons (Fsp3) is 0.524. The number of nitrogens with one attached hydrogen (secondary N) is 1. The summed E-state index contributed by atoms with van der Waals surface area (Å²) in [5.41, 5.74) is 1.74. The smallest absolute Gasteiger partial charge is 0.335 e. The Morgan fingerprint density at radius 1 is 1.14 bits per heavy atom. The molecule has 57 heavy (non-hydrogen) atoms. The highest BCUT2D eigenvalue weighted by atomic mass is 32.2. The van der Waals surface area contributed by atoms with Crippen LogP contribution >= 0.6 is 11.8 Å². The van der Waals surface area contributed by atoms with Crippen molar-refractivity contribution < 1.29 is 53.0 Å². The molecule has 3 aromatic rings. The lowest BCUT2D eigenvalue weighted by Gasteiger charge is -2.67. The Kier molecular flexibility index (Phi) is 8.37. The summed E-state index contributed by atoms with van der Waals surface area (Å²) in [4.78, 5) is 32.2. The Morgan fingerprint density at radius 3 is 2.67 bits per heavy atom. The van der Waals surface area contributed by atoms with Crippen molar-refractivity contribution in [1.29, 1.82) is 0 Å². The van der Waals surface area contributed by atoms with Gasteiger partial charge in [-0.3, -0.25) is 19.9 Å². The zero-order valence-corrected chi connectivity index (χ0v) is 33.5. The minimum Gasteiger partial charge on any atom is -0.508 e. The number of thioether (sulfide) groups is 1. The van der Waals surface area contributed by atoms with Gasteiger partial charge in [-0.05, 0) is 51.3 Å². The third-order valence-electron chi connectivity index (χ3n) is 13.9. The number of methoxy groups -OCH3 is 1. The number of likely N-dealkylation sites (N-methyl/N-ethyl adjacent to an activating group) is 1. The van der Waals surface area contributed by atoms with Crippen LogP contribution in [0.15, 0.2) is 51.9 Å². The predicted molar refractivity (Wildman–Crippen MR) is 207 cm³/mol. The molecule has 14 nitrogen and oxygen atoms in total. The van der Waals surface area contributed by atoms with Gasteiger partial charge >= 0.3 is 11.9 Å². The molecule has 2 unspecified atom stereocenters. The number of allylic oxidation sites excluding steroid dienone is 2. The summed E-state index contributed by atoms with van der Waals surface area (Å²) in [6, 6.07) is 4.96. The van der Waals surface area contributed by atoms with Crippen molar-refractivity contribution >= 4 is 34.7 Å². The van der Waals surface area contributed by atoms with Crippen LogP contribution in [0.2, 0.25) is 0 Å². The number of piperidine rings is 1. The number of hydrogen-bond donors (Lipinski definition) is 4. The monoisotopic (exact) mass is 801 g/mol. The molecule has 11 rings (SSSR count). The third-order valence-corrected chi connectivity index (χ3v) is 15.4. The molecule has 0 saturated carbocycles. The van der Waals surface area contributed by atoms with Crippen molar-refractivity contribution in [3.63, 3.8) is 0 Å². The maximum atomic E-state index is 15.0. The van der Waals surface area contributed by atoms with Gasteiger partial charge in [0.25, 0.3) is 0 Å². The fourth-order valence-corrected chi connectivity index (χ4v) is 13.1. The zero-order chi connectivity index (χ0) is 39.9. The summed E-state index contributed by atoms with van der Waals surface area (Å²) in [5.74, 6) is 1.02. The number of fused-ring (bicyclic) bond motifs is 11. The molecule has 4 bridgehead atoms. The van der Waals surface area contributed by atoms with E-state index in [1.807, 2.05) is 50.1 Å². The second-order valence-corrected chi connectivity index (χ2v) is 17.8. The fourth-order valence-electron chi connectivity index (χ4n) is 11.5. The van der Waals surface area contributed by atoms with Gasteiger partial charge in [-0.25, -0.2) is 4.79 Å². The Bertz CT molecular complexity index is 2310. The SMILES string of the molecule is COC1=C(O)C2(C)C3[C@@H]4[C@@H]5SC[C@]6(N[C@H](CO)Cc7c6oc6ccccc76)C(=O)OC[C@@H](c6c7c(c(C)c(OC(C)=O)c65)OCO7)N4[C@@H](O)[C@H](C[C@@H]2C=C1C)N3C. The Labute approximate surface area is 333 Å². The first-order chi connectivity index (χ1) is 27.3. The number of nitrogens with zero attached hydrogens (tertiary/aromatic N) is 2. The molecule has 1 aliphatic carbocycles. The minimum absolute atomic E-state index is 0.0647. The van der Waals surface area contributed by atoms with Gasteiger partial charge < -0.3 is 43.4 Å². The topological polar surface area (TPSA) is 173 Å². The summed E-state index contributed by atoms with van der Waals surface area (Å²) >= 11 is 1.46. The highest BCUT2D eigenvalue weighted by Gasteiger charge is 2.67. The van der Waals surface area contributed by atoms with Crippen LogP contribution in [0.3, 0.4) is 0 Å². The zero-order valence-electron chi connectivity index (χ0n) is 32.7. The number of hydrogen-bond acceptors (Lipinski definition) is 15. The maximum absolute atomic E-state index is 15.0. The van der Waals surface area contributed by atoms with Gasteiger partial charge in [-0.1, -0.05) is 31.2 Å². The number of ether oxygens (including phenoxy) is 5.